The molecule has 0 radical (unpaired) electrons. The van der Waals surface area contributed by atoms with Crippen LogP contribution in [-0.2, 0) is 6.42 Å². The van der Waals surface area contributed by atoms with Gasteiger partial charge in [-0.2, -0.15) is 9.97 Å². The van der Waals surface area contributed by atoms with E-state index in [0.717, 1.165) is 56.1 Å². The van der Waals surface area contributed by atoms with Crippen LogP contribution in [0.15, 0.2) is 144 Å². The van der Waals surface area contributed by atoms with Crippen LogP contribution in [0.4, 0.5) is 0 Å². The van der Waals surface area contributed by atoms with Crippen molar-refractivity contribution in [2.45, 2.75) is 13.3 Å². The summed E-state index contributed by atoms with van der Waals surface area (Å²) in [6.45, 7) is 2.18. The topological polar surface area (TPSA) is 56.7 Å². The SMILES string of the molecule is Cc1cccc2c1c1c(Cc3cccc4c3oc3ccccc34)cccc1n2-c1nc(-c2ccccc2)nc(-c2ccccc2)n1. The smallest absolute Gasteiger partial charge is 0.238 e. The van der Waals surface area contributed by atoms with Gasteiger partial charge in [0.2, 0.25) is 5.95 Å². The van der Waals surface area contributed by atoms with Crippen molar-refractivity contribution in [3.8, 4) is 28.7 Å². The number of benzene rings is 6. The second-order valence-corrected chi connectivity index (χ2v) is 11.7. The predicted octanol–water partition coefficient (Wildman–Crippen LogP) is 10.1. The lowest BCUT2D eigenvalue weighted by Crippen LogP contribution is -2.06. The summed E-state index contributed by atoms with van der Waals surface area (Å²) < 4.78 is 8.63. The highest BCUT2D eigenvalue weighted by Crippen LogP contribution is 2.38. The van der Waals surface area contributed by atoms with E-state index in [1.165, 1.54) is 21.9 Å². The monoisotopic (exact) mass is 592 g/mol. The van der Waals surface area contributed by atoms with Crippen LogP contribution >= 0.6 is 0 Å². The normalized spacial score (nSPS) is 11.7. The Morgan fingerprint density at radius 1 is 0.522 bits per heavy atom. The fourth-order valence-electron chi connectivity index (χ4n) is 6.77. The van der Waals surface area contributed by atoms with Crippen LogP contribution in [0.5, 0.6) is 0 Å². The highest BCUT2D eigenvalue weighted by molar-refractivity contribution is 6.12. The molecule has 5 heteroatoms. The van der Waals surface area contributed by atoms with Crippen LogP contribution < -0.4 is 0 Å². The Morgan fingerprint density at radius 2 is 1.11 bits per heavy atom. The second-order valence-electron chi connectivity index (χ2n) is 11.7. The van der Waals surface area contributed by atoms with Crippen LogP contribution in [0.3, 0.4) is 0 Å². The Hall–Kier alpha value is -6.07. The maximum absolute atomic E-state index is 6.43. The summed E-state index contributed by atoms with van der Waals surface area (Å²) >= 11 is 0. The van der Waals surface area contributed by atoms with Crippen LogP contribution in [0.25, 0.3) is 72.5 Å². The van der Waals surface area contributed by atoms with Crippen molar-refractivity contribution in [1.29, 1.82) is 0 Å². The predicted molar refractivity (Wildman–Crippen MR) is 186 cm³/mol. The zero-order chi connectivity index (χ0) is 30.6. The largest absolute Gasteiger partial charge is 0.456 e. The fraction of sp³-hybridized carbons (Fsp3) is 0.0488. The van der Waals surface area contributed by atoms with E-state index in [9.17, 15) is 0 Å². The van der Waals surface area contributed by atoms with Gasteiger partial charge >= 0.3 is 0 Å². The molecule has 0 saturated heterocycles. The van der Waals surface area contributed by atoms with Crippen LogP contribution in [-0.4, -0.2) is 19.5 Å². The number of rotatable bonds is 5. The lowest BCUT2D eigenvalue weighted by atomic mass is 9.97. The number of aromatic nitrogens is 4. The van der Waals surface area contributed by atoms with Gasteiger partial charge in [-0.3, -0.25) is 4.57 Å². The van der Waals surface area contributed by atoms with Crippen molar-refractivity contribution in [2.24, 2.45) is 0 Å². The van der Waals surface area contributed by atoms with Gasteiger partial charge in [0.25, 0.3) is 0 Å². The summed E-state index contributed by atoms with van der Waals surface area (Å²) in [6.07, 6.45) is 0.726. The van der Waals surface area contributed by atoms with E-state index < -0.39 is 0 Å². The molecule has 0 atom stereocenters. The van der Waals surface area contributed by atoms with Gasteiger partial charge < -0.3 is 4.42 Å². The van der Waals surface area contributed by atoms with Gasteiger partial charge in [0, 0.05) is 39.1 Å². The highest BCUT2D eigenvalue weighted by Gasteiger charge is 2.21. The van der Waals surface area contributed by atoms with Gasteiger partial charge in [-0.25, -0.2) is 4.98 Å². The van der Waals surface area contributed by atoms with Gasteiger partial charge in [0.1, 0.15) is 11.2 Å². The van der Waals surface area contributed by atoms with Crippen molar-refractivity contribution >= 4 is 43.7 Å². The van der Waals surface area contributed by atoms with Gasteiger partial charge in [-0.15, -0.1) is 0 Å². The second kappa shape index (κ2) is 10.5. The number of para-hydroxylation sites is 2. The Labute approximate surface area is 265 Å². The summed E-state index contributed by atoms with van der Waals surface area (Å²) in [4.78, 5) is 15.1. The lowest BCUT2D eigenvalue weighted by Gasteiger charge is -2.11. The molecule has 0 spiro atoms. The number of furan rings is 1. The molecule has 9 rings (SSSR count). The van der Waals surface area contributed by atoms with Crippen LogP contribution in [0, 0.1) is 6.92 Å². The molecule has 0 N–H and O–H groups in total. The molecule has 0 bridgehead atoms. The Kier molecular flexibility index (Phi) is 6.03. The third kappa shape index (κ3) is 4.20. The number of fused-ring (bicyclic) bond motifs is 6. The first-order valence-electron chi connectivity index (χ1n) is 15.5. The van der Waals surface area contributed by atoms with E-state index in [0.29, 0.717) is 17.6 Å². The summed E-state index contributed by atoms with van der Waals surface area (Å²) in [7, 11) is 0. The maximum Gasteiger partial charge on any atom is 0.238 e. The molecule has 0 fully saturated rings. The zero-order valence-corrected chi connectivity index (χ0v) is 25.2. The van der Waals surface area contributed by atoms with Gasteiger partial charge in [-0.1, -0.05) is 121 Å². The quantitative estimate of drug-likeness (QED) is 0.200. The summed E-state index contributed by atoms with van der Waals surface area (Å²) in [5, 5.41) is 4.69. The van der Waals surface area contributed by atoms with Crippen molar-refractivity contribution in [1.82, 2.24) is 19.5 Å². The molecular weight excluding hydrogens is 564 g/mol. The average Bonchev–Trinajstić information content (AvgIpc) is 3.67. The van der Waals surface area contributed by atoms with Crippen LogP contribution in [0.2, 0.25) is 0 Å². The first-order chi connectivity index (χ1) is 22.7. The molecule has 46 heavy (non-hydrogen) atoms. The number of hydrogen-bond donors (Lipinski definition) is 0. The number of nitrogens with zero attached hydrogens (tertiary/aromatic N) is 4. The minimum absolute atomic E-state index is 0.592. The fourth-order valence-corrected chi connectivity index (χ4v) is 6.77. The molecule has 0 amide bonds. The Balaban J connectivity index is 1.30. The van der Waals surface area contributed by atoms with E-state index in [1.807, 2.05) is 72.8 Å². The molecule has 0 saturated carbocycles. The molecule has 218 valence electrons. The van der Waals surface area contributed by atoms with Crippen molar-refractivity contribution in [3.63, 3.8) is 0 Å². The average molecular weight is 593 g/mol. The summed E-state index contributed by atoms with van der Waals surface area (Å²) in [5.41, 5.74) is 9.46. The molecule has 0 aliphatic carbocycles. The Morgan fingerprint density at radius 3 is 1.85 bits per heavy atom. The molecule has 0 aliphatic rings. The van der Waals surface area contributed by atoms with Crippen molar-refractivity contribution in [2.75, 3.05) is 0 Å². The molecule has 3 aromatic heterocycles. The van der Waals surface area contributed by atoms with Crippen LogP contribution in [0.1, 0.15) is 16.7 Å². The van der Waals surface area contributed by atoms with E-state index in [4.69, 9.17) is 19.4 Å². The van der Waals surface area contributed by atoms with E-state index in [-0.39, 0.29) is 0 Å². The molecule has 5 nitrogen and oxygen atoms in total. The molecule has 9 aromatic rings. The Bertz CT molecular complexity index is 2510. The minimum atomic E-state index is 0.592. The first-order valence-corrected chi connectivity index (χ1v) is 15.5. The van der Waals surface area contributed by atoms with Gasteiger partial charge in [0.05, 0.1) is 11.0 Å². The lowest BCUT2D eigenvalue weighted by molar-refractivity contribution is 0.664. The molecule has 3 heterocycles. The van der Waals surface area contributed by atoms with Gasteiger partial charge in [0.15, 0.2) is 11.6 Å². The van der Waals surface area contributed by atoms with E-state index in [2.05, 4.69) is 78.2 Å². The molecule has 0 unspecified atom stereocenters. The van der Waals surface area contributed by atoms with E-state index in [1.54, 1.807) is 0 Å². The zero-order valence-electron chi connectivity index (χ0n) is 25.2. The third-order valence-corrected chi connectivity index (χ3v) is 8.87. The minimum Gasteiger partial charge on any atom is -0.456 e. The number of hydrogen-bond acceptors (Lipinski definition) is 4. The van der Waals surface area contributed by atoms with Crippen molar-refractivity contribution < 1.29 is 4.42 Å². The summed E-state index contributed by atoms with van der Waals surface area (Å²) in [5.74, 6) is 1.87. The molecule has 0 aliphatic heterocycles. The van der Waals surface area contributed by atoms with Crippen molar-refractivity contribution in [3.05, 3.63) is 156 Å². The third-order valence-electron chi connectivity index (χ3n) is 8.87. The summed E-state index contributed by atoms with van der Waals surface area (Å²) in [6, 6.07) is 48.0. The molecular formula is C41H28N4O. The maximum atomic E-state index is 6.43. The highest BCUT2D eigenvalue weighted by atomic mass is 16.3. The standard InChI is InChI=1S/C41H28N4O/c1-26-13-10-22-33-36(26)37-29(25-30-19-11-21-32-31-20-8-9-24-35(31)46-38(30)32)18-12-23-34(37)45(33)41-43-39(27-14-4-2-5-15-27)42-40(44-41)28-16-6-3-7-17-28/h2-24H,25H2,1H3. The first kappa shape index (κ1) is 26.3. The molecule has 6 aromatic carbocycles. The van der Waals surface area contributed by atoms with Gasteiger partial charge in [-0.05, 0) is 41.8 Å². The van der Waals surface area contributed by atoms with E-state index >= 15 is 0 Å². The number of aryl methyl sites for hydroxylation is 1.